The molecule has 0 saturated carbocycles. The maximum Gasteiger partial charge on any atom is 0.248 e. The van der Waals surface area contributed by atoms with Crippen molar-refractivity contribution in [2.45, 2.75) is 13.3 Å². The average Bonchev–Trinajstić information content (AvgIpc) is 2.96. The predicted octanol–water partition coefficient (Wildman–Crippen LogP) is 4.51. The summed E-state index contributed by atoms with van der Waals surface area (Å²) >= 11 is 1.57. The van der Waals surface area contributed by atoms with Gasteiger partial charge in [0.25, 0.3) is 0 Å². The molecular weight excluding hydrogens is 292 g/mol. The first-order chi connectivity index (χ1) is 10.7. The third-order valence-corrected chi connectivity index (χ3v) is 4.29. The number of nitrogens with zero attached hydrogens (tertiary/aromatic N) is 1. The number of carbonyl (C=O) groups is 1. The van der Waals surface area contributed by atoms with Crippen molar-refractivity contribution in [2.75, 3.05) is 5.32 Å². The number of amides is 1. The van der Waals surface area contributed by atoms with E-state index in [0.717, 1.165) is 27.3 Å². The average molecular weight is 308 g/mol. The summed E-state index contributed by atoms with van der Waals surface area (Å²) in [4.78, 5) is 16.5. The van der Waals surface area contributed by atoms with Crippen LogP contribution < -0.4 is 5.32 Å². The highest BCUT2D eigenvalue weighted by Crippen LogP contribution is 2.22. The largest absolute Gasteiger partial charge is 0.323 e. The molecule has 1 aromatic heterocycles. The molecule has 22 heavy (non-hydrogen) atoms. The van der Waals surface area contributed by atoms with Crippen LogP contribution in [0.4, 0.5) is 5.69 Å². The summed E-state index contributed by atoms with van der Waals surface area (Å²) in [7, 11) is 0. The Balaban J connectivity index is 1.70. The molecule has 0 aliphatic carbocycles. The summed E-state index contributed by atoms with van der Waals surface area (Å²) in [6.07, 6.45) is 4.23. The lowest BCUT2D eigenvalue weighted by molar-refractivity contribution is -0.111. The number of benzene rings is 2. The van der Waals surface area contributed by atoms with Gasteiger partial charge in [0.2, 0.25) is 5.91 Å². The highest BCUT2D eigenvalue weighted by molar-refractivity contribution is 7.19. The van der Waals surface area contributed by atoms with E-state index in [2.05, 4.69) is 17.2 Å². The molecule has 3 rings (SSSR count). The zero-order valence-corrected chi connectivity index (χ0v) is 13.1. The van der Waals surface area contributed by atoms with Gasteiger partial charge >= 0.3 is 0 Å². The molecule has 3 nitrogen and oxygen atoms in total. The maximum absolute atomic E-state index is 12.0. The molecule has 0 aliphatic heterocycles. The monoisotopic (exact) mass is 308 g/mol. The Hall–Kier alpha value is -2.46. The summed E-state index contributed by atoms with van der Waals surface area (Å²) < 4.78 is 1.12. The number of nitrogens with one attached hydrogen (secondary N) is 1. The molecule has 0 bridgehead atoms. The fourth-order valence-electron chi connectivity index (χ4n) is 2.16. The Bertz CT molecular complexity index is 803. The van der Waals surface area contributed by atoms with Crippen LogP contribution in [-0.4, -0.2) is 10.9 Å². The van der Waals surface area contributed by atoms with Gasteiger partial charge < -0.3 is 5.32 Å². The Labute approximate surface area is 133 Å². The van der Waals surface area contributed by atoms with Gasteiger partial charge in [-0.05, 0) is 42.3 Å². The second-order valence-electron chi connectivity index (χ2n) is 4.90. The second kappa shape index (κ2) is 6.54. The minimum Gasteiger partial charge on any atom is -0.323 e. The SMILES string of the molecule is CCc1cccc(NC(=O)/C=C/c2nc3ccccc3s2)c1. The van der Waals surface area contributed by atoms with Crippen LogP contribution in [0.25, 0.3) is 16.3 Å². The summed E-state index contributed by atoms with van der Waals surface area (Å²) in [5, 5.41) is 3.70. The fourth-order valence-corrected chi connectivity index (χ4v) is 3.03. The number of hydrogen-bond donors (Lipinski definition) is 1. The fraction of sp³-hybridized carbons (Fsp3) is 0.111. The summed E-state index contributed by atoms with van der Waals surface area (Å²) in [5.41, 5.74) is 2.98. The van der Waals surface area contributed by atoms with Gasteiger partial charge in [0.15, 0.2) is 0 Å². The molecule has 0 saturated heterocycles. The first-order valence-corrected chi connectivity index (χ1v) is 8.00. The normalized spacial score (nSPS) is 11.1. The molecule has 1 amide bonds. The van der Waals surface area contributed by atoms with E-state index < -0.39 is 0 Å². The van der Waals surface area contributed by atoms with E-state index in [1.807, 2.05) is 48.5 Å². The molecule has 4 heteroatoms. The summed E-state index contributed by atoms with van der Waals surface area (Å²) in [5.74, 6) is -0.146. The van der Waals surface area contributed by atoms with E-state index in [4.69, 9.17) is 0 Å². The number of para-hydroxylation sites is 1. The number of fused-ring (bicyclic) bond motifs is 1. The molecule has 1 heterocycles. The van der Waals surface area contributed by atoms with Crippen LogP contribution >= 0.6 is 11.3 Å². The third-order valence-electron chi connectivity index (χ3n) is 3.29. The van der Waals surface area contributed by atoms with Crippen molar-refractivity contribution in [1.82, 2.24) is 4.98 Å². The summed E-state index contributed by atoms with van der Waals surface area (Å²) in [6, 6.07) is 15.8. The van der Waals surface area contributed by atoms with Crippen LogP contribution in [0.2, 0.25) is 0 Å². The highest BCUT2D eigenvalue weighted by Gasteiger charge is 2.02. The molecule has 0 fully saturated rings. The Morgan fingerprint density at radius 2 is 2.09 bits per heavy atom. The minimum atomic E-state index is -0.146. The minimum absolute atomic E-state index is 0.146. The topological polar surface area (TPSA) is 42.0 Å². The van der Waals surface area contributed by atoms with E-state index in [-0.39, 0.29) is 5.91 Å². The van der Waals surface area contributed by atoms with Crippen LogP contribution in [0.3, 0.4) is 0 Å². The highest BCUT2D eigenvalue weighted by atomic mass is 32.1. The number of aromatic nitrogens is 1. The quantitative estimate of drug-likeness (QED) is 0.720. The Morgan fingerprint density at radius 1 is 1.23 bits per heavy atom. The maximum atomic E-state index is 12.0. The first-order valence-electron chi connectivity index (χ1n) is 7.18. The first kappa shape index (κ1) is 14.5. The molecule has 2 aromatic carbocycles. The molecule has 0 spiro atoms. The lowest BCUT2D eigenvalue weighted by Crippen LogP contribution is -2.07. The molecule has 110 valence electrons. The molecule has 0 radical (unpaired) electrons. The van der Waals surface area contributed by atoms with Crippen LogP contribution in [0.5, 0.6) is 0 Å². The standard InChI is InChI=1S/C18H16N2OS/c1-2-13-6-5-7-14(12-13)19-17(21)10-11-18-20-15-8-3-4-9-16(15)22-18/h3-12H,2H2,1H3,(H,19,21)/b11-10+. The molecule has 0 unspecified atom stereocenters. The number of anilines is 1. The van der Waals surface area contributed by atoms with Gasteiger partial charge in [-0.2, -0.15) is 0 Å². The van der Waals surface area contributed by atoms with Crippen LogP contribution in [0.1, 0.15) is 17.5 Å². The van der Waals surface area contributed by atoms with Crippen LogP contribution in [-0.2, 0) is 11.2 Å². The molecule has 1 N–H and O–H groups in total. The van der Waals surface area contributed by atoms with E-state index in [1.165, 1.54) is 11.6 Å². The van der Waals surface area contributed by atoms with Gasteiger partial charge in [-0.1, -0.05) is 31.2 Å². The lowest BCUT2D eigenvalue weighted by Gasteiger charge is -2.03. The number of aryl methyl sites for hydroxylation is 1. The predicted molar refractivity (Wildman–Crippen MR) is 93.1 cm³/mol. The van der Waals surface area contributed by atoms with E-state index >= 15 is 0 Å². The van der Waals surface area contributed by atoms with Crippen molar-refractivity contribution >= 4 is 39.2 Å². The van der Waals surface area contributed by atoms with Gasteiger partial charge in [-0.15, -0.1) is 11.3 Å². The molecule has 0 atom stereocenters. The van der Waals surface area contributed by atoms with Crippen LogP contribution in [0.15, 0.2) is 54.6 Å². The van der Waals surface area contributed by atoms with Crippen molar-refractivity contribution in [3.63, 3.8) is 0 Å². The van der Waals surface area contributed by atoms with E-state index in [9.17, 15) is 4.79 Å². The second-order valence-corrected chi connectivity index (χ2v) is 5.96. The van der Waals surface area contributed by atoms with E-state index in [1.54, 1.807) is 17.4 Å². The van der Waals surface area contributed by atoms with Gasteiger partial charge in [0.05, 0.1) is 10.2 Å². The molecule has 3 aromatic rings. The van der Waals surface area contributed by atoms with Crippen LogP contribution in [0, 0.1) is 0 Å². The zero-order valence-electron chi connectivity index (χ0n) is 12.2. The van der Waals surface area contributed by atoms with Crippen molar-refractivity contribution < 1.29 is 4.79 Å². The molecular formula is C18H16N2OS. The number of thiazole rings is 1. The zero-order chi connectivity index (χ0) is 15.4. The number of hydrogen-bond acceptors (Lipinski definition) is 3. The van der Waals surface area contributed by atoms with Crippen molar-refractivity contribution in [3.05, 3.63) is 65.2 Å². The van der Waals surface area contributed by atoms with Gasteiger partial charge in [-0.25, -0.2) is 4.98 Å². The van der Waals surface area contributed by atoms with Crippen molar-refractivity contribution in [1.29, 1.82) is 0 Å². The Kier molecular flexibility index (Phi) is 4.30. The Morgan fingerprint density at radius 3 is 2.91 bits per heavy atom. The van der Waals surface area contributed by atoms with Gasteiger partial charge in [0, 0.05) is 11.8 Å². The third kappa shape index (κ3) is 3.40. The van der Waals surface area contributed by atoms with Gasteiger partial charge in [-0.3, -0.25) is 4.79 Å². The van der Waals surface area contributed by atoms with Gasteiger partial charge in [0.1, 0.15) is 5.01 Å². The number of carbonyl (C=O) groups excluding carboxylic acids is 1. The summed E-state index contributed by atoms with van der Waals surface area (Å²) in [6.45, 7) is 2.09. The lowest BCUT2D eigenvalue weighted by atomic mass is 10.1. The van der Waals surface area contributed by atoms with Crippen molar-refractivity contribution in [2.24, 2.45) is 0 Å². The van der Waals surface area contributed by atoms with E-state index in [0.29, 0.717) is 0 Å². The number of rotatable bonds is 4. The molecule has 0 aliphatic rings. The van der Waals surface area contributed by atoms with Crippen molar-refractivity contribution in [3.8, 4) is 0 Å². The smallest absolute Gasteiger partial charge is 0.248 e.